The fourth-order valence-corrected chi connectivity index (χ4v) is 0.949. The monoisotopic (exact) mass is 175 g/mol. The van der Waals surface area contributed by atoms with E-state index in [-0.39, 0.29) is 0 Å². The predicted octanol–water partition coefficient (Wildman–Crippen LogP) is 2.06. The van der Waals surface area contributed by atoms with Gasteiger partial charge in [0, 0.05) is 18.2 Å². The number of nitrogen functional groups attached to an aromatic ring is 1. The quantitative estimate of drug-likeness (QED) is 0.433. The third-order valence-corrected chi connectivity index (χ3v) is 1.53. The molecule has 0 saturated heterocycles. The number of anilines is 1. The summed E-state index contributed by atoms with van der Waals surface area (Å²) in [7, 11) is 0. The highest BCUT2D eigenvalue weighted by molar-refractivity contribution is 5.43. The van der Waals surface area contributed by atoms with Gasteiger partial charge in [-0.05, 0) is 19.1 Å². The summed E-state index contributed by atoms with van der Waals surface area (Å²) in [6.07, 6.45) is 0.755. The maximum atomic E-state index is 5.58. The summed E-state index contributed by atoms with van der Waals surface area (Å²) >= 11 is 0. The van der Waals surface area contributed by atoms with Gasteiger partial charge < -0.3 is 10.5 Å². The molecule has 2 N–H and O–H groups in total. The van der Waals surface area contributed by atoms with E-state index in [2.05, 4.69) is 11.8 Å². The molecule has 0 unspecified atom stereocenters. The maximum Gasteiger partial charge on any atom is 0.121 e. The summed E-state index contributed by atoms with van der Waals surface area (Å²) in [6, 6.07) is 7.39. The molecule has 1 rings (SSSR count). The minimum Gasteiger partial charge on any atom is -0.493 e. The van der Waals surface area contributed by atoms with Gasteiger partial charge in [-0.3, -0.25) is 0 Å². The molecule has 0 atom stereocenters. The lowest BCUT2D eigenvalue weighted by Gasteiger charge is -2.03. The summed E-state index contributed by atoms with van der Waals surface area (Å²) in [5.74, 6) is 6.54. The largest absolute Gasteiger partial charge is 0.493 e. The van der Waals surface area contributed by atoms with Gasteiger partial charge >= 0.3 is 0 Å². The topological polar surface area (TPSA) is 35.2 Å². The zero-order chi connectivity index (χ0) is 9.52. The highest BCUT2D eigenvalue weighted by Crippen LogP contribution is 2.14. The second-order valence-electron chi connectivity index (χ2n) is 2.60. The van der Waals surface area contributed by atoms with Gasteiger partial charge in [0.1, 0.15) is 5.75 Å². The van der Waals surface area contributed by atoms with E-state index >= 15 is 0 Å². The van der Waals surface area contributed by atoms with Gasteiger partial charge in [0.25, 0.3) is 0 Å². The first-order chi connectivity index (χ1) is 6.33. The smallest absolute Gasteiger partial charge is 0.121 e. The van der Waals surface area contributed by atoms with Gasteiger partial charge in [0.15, 0.2) is 0 Å². The third-order valence-electron chi connectivity index (χ3n) is 1.53. The second-order valence-corrected chi connectivity index (χ2v) is 2.60. The molecular weight excluding hydrogens is 162 g/mol. The number of benzene rings is 1. The molecule has 68 valence electrons. The van der Waals surface area contributed by atoms with Crippen LogP contribution < -0.4 is 10.5 Å². The normalized spacial score (nSPS) is 8.69. The number of hydrogen-bond acceptors (Lipinski definition) is 2. The molecule has 2 heteroatoms. The first kappa shape index (κ1) is 9.47. The fourth-order valence-electron chi connectivity index (χ4n) is 0.949. The molecule has 0 spiro atoms. The van der Waals surface area contributed by atoms with E-state index in [0.29, 0.717) is 6.61 Å². The van der Waals surface area contributed by atoms with Crippen molar-refractivity contribution in [2.24, 2.45) is 0 Å². The Bertz CT molecular complexity index is 322. The van der Waals surface area contributed by atoms with Crippen LogP contribution in [0.5, 0.6) is 5.75 Å². The van der Waals surface area contributed by atoms with Crippen molar-refractivity contribution in [3.8, 4) is 17.6 Å². The summed E-state index contributed by atoms with van der Waals surface area (Å²) < 4.78 is 5.41. The number of ether oxygens (including phenoxy) is 1. The van der Waals surface area contributed by atoms with Gasteiger partial charge in [-0.15, -0.1) is 11.8 Å². The van der Waals surface area contributed by atoms with Crippen LogP contribution in [0, 0.1) is 11.8 Å². The standard InChI is InChI=1S/C11H13NO/c1-2-3-4-8-13-11-7-5-6-10(12)9-11/h5-7,9H,4,8,12H2,1H3. The van der Waals surface area contributed by atoms with Crippen molar-refractivity contribution in [3.63, 3.8) is 0 Å². The van der Waals surface area contributed by atoms with Crippen LogP contribution in [-0.4, -0.2) is 6.61 Å². The Morgan fingerprint density at radius 1 is 1.46 bits per heavy atom. The molecule has 1 aromatic carbocycles. The molecule has 0 aliphatic carbocycles. The zero-order valence-corrected chi connectivity index (χ0v) is 7.71. The fraction of sp³-hybridized carbons (Fsp3) is 0.273. The Balaban J connectivity index is 2.39. The van der Waals surface area contributed by atoms with Gasteiger partial charge in [-0.1, -0.05) is 6.07 Å². The number of nitrogens with two attached hydrogens (primary N) is 1. The van der Waals surface area contributed by atoms with Crippen molar-refractivity contribution >= 4 is 5.69 Å². The van der Waals surface area contributed by atoms with Gasteiger partial charge in [0.2, 0.25) is 0 Å². The number of rotatable bonds is 3. The van der Waals surface area contributed by atoms with E-state index in [0.717, 1.165) is 17.9 Å². The lowest BCUT2D eigenvalue weighted by atomic mass is 10.3. The molecule has 1 aromatic rings. The lowest BCUT2D eigenvalue weighted by Crippen LogP contribution is -1.96. The molecule has 0 radical (unpaired) electrons. The van der Waals surface area contributed by atoms with Crippen LogP contribution >= 0.6 is 0 Å². The molecule has 0 saturated carbocycles. The van der Waals surface area contributed by atoms with Crippen LogP contribution in [0.1, 0.15) is 13.3 Å². The zero-order valence-electron chi connectivity index (χ0n) is 7.71. The minimum atomic E-state index is 0.615. The van der Waals surface area contributed by atoms with Gasteiger partial charge in [-0.2, -0.15) is 0 Å². The van der Waals surface area contributed by atoms with Crippen LogP contribution in [0.25, 0.3) is 0 Å². The first-order valence-electron chi connectivity index (χ1n) is 4.21. The SMILES string of the molecule is CC#CCCOc1cccc(N)c1. The molecule has 2 nitrogen and oxygen atoms in total. The Hall–Kier alpha value is -1.62. The molecule has 0 fully saturated rings. The predicted molar refractivity (Wildman–Crippen MR) is 54.4 cm³/mol. The van der Waals surface area contributed by atoms with Crippen molar-refractivity contribution in [3.05, 3.63) is 24.3 Å². The summed E-state index contributed by atoms with van der Waals surface area (Å²) in [5.41, 5.74) is 6.30. The summed E-state index contributed by atoms with van der Waals surface area (Å²) in [4.78, 5) is 0. The lowest BCUT2D eigenvalue weighted by molar-refractivity contribution is 0.327. The molecule has 0 amide bonds. The van der Waals surface area contributed by atoms with Crippen molar-refractivity contribution in [2.75, 3.05) is 12.3 Å². The van der Waals surface area contributed by atoms with Gasteiger partial charge in [0.05, 0.1) is 6.61 Å². The molecule has 13 heavy (non-hydrogen) atoms. The van der Waals surface area contributed by atoms with Crippen LogP contribution in [0.4, 0.5) is 5.69 Å². The van der Waals surface area contributed by atoms with Crippen LogP contribution in [0.3, 0.4) is 0 Å². The van der Waals surface area contributed by atoms with E-state index in [9.17, 15) is 0 Å². The first-order valence-corrected chi connectivity index (χ1v) is 4.21. The molecular formula is C11H13NO. The molecule has 0 aliphatic heterocycles. The average molecular weight is 175 g/mol. The van der Waals surface area contributed by atoms with Crippen molar-refractivity contribution in [2.45, 2.75) is 13.3 Å². The average Bonchev–Trinajstić information content (AvgIpc) is 2.13. The van der Waals surface area contributed by atoms with E-state index in [4.69, 9.17) is 10.5 Å². The highest BCUT2D eigenvalue weighted by Gasteiger charge is 1.91. The van der Waals surface area contributed by atoms with Crippen molar-refractivity contribution in [1.29, 1.82) is 0 Å². The van der Waals surface area contributed by atoms with Crippen LogP contribution in [0.15, 0.2) is 24.3 Å². The second kappa shape index (κ2) is 5.10. The van der Waals surface area contributed by atoms with Crippen LogP contribution in [0.2, 0.25) is 0 Å². The number of hydrogen-bond donors (Lipinski definition) is 1. The Labute approximate surface area is 78.7 Å². The van der Waals surface area contributed by atoms with Gasteiger partial charge in [-0.25, -0.2) is 0 Å². The summed E-state index contributed by atoms with van der Waals surface area (Å²) in [5, 5.41) is 0. The highest BCUT2D eigenvalue weighted by atomic mass is 16.5. The van der Waals surface area contributed by atoms with E-state index in [1.807, 2.05) is 25.1 Å². The Morgan fingerprint density at radius 3 is 3.00 bits per heavy atom. The molecule has 0 heterocycles. The third kappa shape index (κ3) is 3.53. The van der Waals surface area contributed by atoms with E-state index < -0.39 is 0 Å². The molecule has 0 bridgehead atoms. The van der Waals surface area contributed by atoms with Crippen molar-refractivity contribution < 1.29 is 4.74 Å². The Morgan fingerprint density at radius 2 is 2.31 bits per heavy atom. The maximum absolute atomic E-state index is 5.58. The van der Waals surface area contributed by atoms with E-state index in [1.54, 1.807) is 6.07 Å². The minimum absolute atomic E-state index is 0.615. The van der Waals surface area contributed by atoms with E-state index in [1.165, 1.54) is 0 Å². The van der Waals surface area contributed by atoms with Crippen LogP contribution in [-0.2, 0) is 0 Å². The van der Waals surface area contributed by atoms with Crippen molar-refractivity contribution in [1.82, 2.24) is 0 Å². The summed E-state index contributed by atoms with van der Waals surface area (Å²) in [6.45, 7) is 2.44. The molecule has 0 aromatic heterocycles. The molecule has 0 aliphatic rings. The Kier molecular flexibility index (Phi) is 3.72.